The van der Waals surface area contributed by atoms with Gasteiger partial charge in [-0.2, -0.15) is 0 Å². The Balaban J connectivity index is 2.84. The van der Waals surface area contributed by atoms with Crippen molar-refractivity contribution in [3.63, 3.8) is 0 Å². The molecule has 2 rings (SSSR count). The smallest absolute Gasteiger partial charge is 0.123 e. The fraction of sp³-hybridized carbons (Fsp3) is 0.618. The van der Waals surface area contributed by atoms with Crippen molar-refractivity contribution in [2.45, 2.75) is 138 Å². The molecule has 2 aromatic carbocycles. The highest BCUT2D eigenvalue weighted by Crippen LogP contribution is 2.46. The molecular formula is C34H53O2. The van der Waals surface area contributed by atoms with Crippen LogP contribution in [0.4, 0.5) is 0 Å². The van der Waals surface area contributed by atoms with Crippen molar-refractivity contribution in [3.05, 3.63) is 63.1 Å². The van der Waals surface area contributed by atoms with E-state index in [4.69, 9.17) is 0 Å². The van der Waals surface area contributed by atoms with Gasteiger partial charge in [-0.25, -0.2) is 0 Å². The lowest BCUT2D eigenvalue weighted by Crippen LogP contribution is -2.25. The van der Waals surface area contributed by atoms with Gasteiger partial charge < -0.3 is 10.2 Å². The van der Waals surface area contributed by atoms with E-state index >= 15 is 0 Å². The minimum absolute atomic E-state index is 0.0844. The Labute approximate surface area is 222 Å². The minimum Gasteiger partial charge on any atom is -0.507 e. The second-order valence-corrected chi connectivity index (χ2v) is 14.6. The molecule has 0 aliphatic carbocycles. The molecule has 0 saturated heterocycles. The predicted molar refractivity (Wildman–Crippen MR) is 157 cm³/mol. The highest BCUT2D eigenvalue weighted by Gasteiger charge is 2.33. The van der Waals surface area contributed by atoms with Crippen molar-refractivity contribution < 1.29 is 10.2 Å². The summed E-state index contributed by atoms with van der Waals surface area (Å²) in [6, 6.07) is 4.45. The fourth-order valence-corrected chi connectivity index (χ4v) is 5.41. The Morgan fingerprint density at radius 1 is 0.583 bits per heavy atom. The number of aryl methyl sites for hydroxylation is 1. The van der Waals surface area contributed by atoms with Crippen LogP contribution in [0.2, 0.25) is 0 Å². The predicted octanol–water partition coefficient (Wildman–Crippen LogP) is 9.21. The van der Waals surface area contributed by atoms with E-state index in [2.05, 4.69) is 115 Å². The number of hydrogen-bond acceptors (Lipinski definition) is 2. The summed E-state index contributed by atoms with van der Waals surface area (Å²) in [6.07, 6.45) is 4.76. The molecule has 2 heteroatoms. The molecule has 36 heavy (non-hydrogen) atoms. The molecule has 2 N–H and O–H groups in total. The Kier molecular flexibility index (Phi) is 8.46. The van der Waals surface area contributed by atoms with Crippen molar-refractivity contribution in [1.29, 1.82) is 0 Å². The van der Waals surface area contributed by atoms with E-state index < -0.39 is 0 Å². The van der Waals surface area contributed by atoms with Crippen molar-refractivity contribution in [1.82, 2.24) is 0 Å². The first-order valence-corrected chi connectivity index (χ1v) is 13.8. The number of hydrogen-bond donors (Lipinski definition) is 2. The van der Waals surface area contributed by atoms with Gasteiger partial charge in [-0.3, -0.25) is 0 Å². The van der Waals surface area contributed by atoms with E-state index in [0.717, 1.165) is 47.1 Å². The number of phenols is 2. The lowest BCUT2D eigenvalue weighted by atomic mass is 9.70. The first-order valence-electron chi connectivity index (χ1n) is 13.8. The maximum atomic E-state index is 11.6. The molecule has 0 spiro atoms. The molecule has 1 radical (unpaired) electrons. The van der Waals surface area contributed by atoms with Crippen LogP contribution in [0.15, 0.2) is 12.1 Å². The lowest BCUT2D eigenvalue weighted by Gasteiger charge is -2.35. The summed E-state index contributed by atoms with van der Waals surface area (Å²) in [5, 5.41) is 22.9. The zero-order valence-corrected chi connectivity index (χ0v) is 25.7. The molecule has 0 bridgehead atoms. The van der Waals surface area contributed by atoms with Gasteiger partial charge in [0.05, 0.1) is 0 Å². The van der Waals surface area contributed by atoms with Crippen LogP contribution in [0.3, 0.4) is 0 Å². The first-order chi connectivity index (χ1) is 16.2. The van der Waals surface area contributed by atoms with E-state index in [-0.39, 0.29) is 21.7 Å². The topological polar surface area (TPSA) is 40.5 Å². The van der Waals surface area contributed by atoms with Gasteiger partial charge >= 0.3 is 0 Å². The third-order valence-electron chi connectivity index (χ3n) is 7.37. The van der Waals surface area contributed by atoms with E-state index in [0.29, 0.717) is 11.5 Å². The zero-order valence-electron chi connectivity index (χ0n) is 25.7. The van der Waals surface area contributed by atoms with Gasteiger partial charge in [-0.15, -0.1) is 0 Å². The Morgan fingerprint density at radius 3 is 1.44 bits per heavy atom. The molecule has 0 saturated carbocycles. The maximum absolute atomic E-state index is 11.6. The van der Waals surface area contributed by atoms with Gasteiger partial charge in [-0.05, 0) is 86.3 Å². The Bertz CT molecular complexity index is 1090. The summed E-state index contributed by atoms with van der Waals surface area (Å²) in [6.45, 7) is 30.7. The average molecular weight is 494 g/mol. The van der Waals surface area contributed by atoms with Crippen molar-refractivity contribution in [2.75, 3.05) is 0 Å². The van der Waals surface area contributed by atoms with Gasteiger partial charge in [0.15, 0.2) is 0 Å². The van der Waals surface area contributed by atoms with Gasteiger partial charge in [0.25, 0.3) is 0 Å². The van der Waals surface area contributed by atoms with Crippen LogP contribution in [0, 0.1) is 6.42 Å². The van der Waals surface area contributed by atoms with Gasteiger partial charge in [0.2, 0.25) is 0 Å². The maximum Gasteiger partial charge on any atom is 0.123 e. The number of rotatable bonds is 5. The van der Waals surface area contributed by atoms with Crippen LogP contribution in [0.5, 0.6) is 11.5 Å². The molecule has 0 aromatic heterocycles. The molecule has 0 aliphatic heterocycles. The third kappa shape index (κ3) is 6.12. The standard InChI is InChI=1S/C34H53O2/c1-15-21-19-26(32(6,7)8)29(35)22(16-2)23(21)17-18-24-25(31(3,4)5)20-27(33(9,10)11)30(36)28(24)34(12,13)14/h18-20,35-36H,15-17H2,1-14H3. The summed E-state index contributed by atoms with van der Waals surface area (Å²) < 4.78 is 0. The molecule has 0 amide bonds. The van der Waals surface area contributed by atoms with Crippen LogP contribution < -0.4 is 0 Å². The molecule has 2 aromatic rings. The highest BCUT2D eigenvalue weighted by molar-refractivity contribution is 5.60. The van der Waals surface area contributed by atoms with Crippen LogP contribution in [-0.4, -0.2) is 10.2 Å². The van der Waals surface area contributed by atoms with Crippen LogP contribution in [0.25, 0.3) is 0 Å². The highest BCUT2D eigenvalue weighted by atomic mass is 16.3. The summed E-state index contributed by atoms with van der Waals surface area (Å²) in [5.41, 5.74) is 8.45. The monoisotopic (exact) mass is 493 g/mol. The van der Waals surface area contributed by atoms with Crippen LogP contribution >= 0.6 is 0 Å². The number of aromatic hydroxyl groups is 2. The van der Waals surface area contributed by atoms with E-state index in [9.17, 15) is 10.2 Å². The lowest BCUT2D eigenvalue weighted by molar-refractivity contribution is 0.419. The average Bonchev–Trinajstić information content (AvgIpc) is 2.68. The molecule has 0 heterocycles. The SMILES string of the molecule is CCc1cc(C(C)(C)C)c(O)c(CC)c1C[CH]c1c(C(C)(C)C)cc(C(C)(C)C)c(O)c1C(C)(C)C. The Morgan fingerprint density at radius 2 is 1.06 bits per heavy atom. The van der Waals surface area contributed by atoms with Crippen LogP contribution in [0.1, 0.15) is 141 Å². The largest absolute Gasteiger partial charge is 0.507 e. The summed E-state index contributed by atoms with van der Waals surface area (Å²) >= 11 is 0. The molecule has 0 unspecified atom stereocenters. The quantitative estimate of drug-likeness (QED) is 0.436. The molecule has 2 nitrogen and oxygen atoms in total. The van der Waals surface area contributed by atoms with Crippen molar-refractivity contribution >= 4 is 0 Å². The number of benzene rings is 2. The first kappa shape index (κ1) is 30.3. The third-order valence-corrected chi connectivity index (χ3v) is 7.37. The molecule has 0 atom stereocenters. The number of phenolic OH excluding ortho intramolecular Hbond substituents is 2. The van der Waals surface area contributed by atoms with Crippen molar-refractivity contribution in [2.24, 2.45) is 0 Å². The Hall–Kier alpha value is -1.96. The fourth-order valence-electron chi connectivity index (χ4n) is 5.41. The normalized spacial score (nSPS) is 13.4. The van der Waals surface area contributed by atoms with E-state index in [1.807, 2.05) is 0 Å². The van der Waals surface area contributed by atoms with Gasteiger partial charge in [0, 0.05) is 5.56 Å². The zero-order chi connectivity index (χ0) is 28.0. The minimum atomic E-state index is -0.226. The van der Waals surface area contributed by atoms with E-state index in [1.54, 1.807) is 0 Å². The summed E-state index contributed by atoms with van der Waals surface area (Å²) in [5.74, 6) is 0.871. The molecule has 0 aliphatic rings. The van der Waals surface area contributed by atoms with E-state index in [1.165, 1.54) is 16.7 Å². The second-order valence-electron chi connectivity index (χ2n) is 14.6. The van der Waals surface area contributed by atoms with Crippen molar-refractivity contribution in [3.8, 4) is 11.5 Å². The molecule has 201 valence electrons. The molecular weight excluding hydrogens is 440 g/mol. The molecule has 0 fully saturated rings. The van der Waals surface area contributed by atoms with Crippen LogP contribution in [-0.2, 0) is 40.9 Å². The van der Waals surface area contributed by atoms with Gasteiger partial charge in [-0.1, -0.05) is 109 Å². The summed E-state index contributed by atoms with van der Waals surface area (Å²) in [7, 11) is 0. The summed E-state index contributed by atoms with van der Waals surface area (Å²) in [4.78, 5) is 0. The second kappa shape index (κ2) is 10.1. The van der Waals surface area contributed by atoms with Gasteiger partial charge in [0.1, 0.15) is 11.5 Å².